The molecule has 0 atom stereocenters. The third kappa shape index (κ3) is 8.53. The number of carbonyl (C=O) groups excluding carboxylic acids is 2. The predicted octanol–water partition coefficient (Wildman–Crippen LogP) is 5.33. The highest BCUT2D eigenvalue weighted by atomic mass is 16.5. The molecular formula is C31H30N2O6. The van der Waals surface area contributed by atoms with Gasteiger partial charge in [-0.15, -0.1) is 0 Å². The van der Waals surface area contributed by atoms with Crippen LogP contribution < -0.4 is 29.6 Å². The zero-order chi connectivity index (χ0) is 27.5. The van der Waals surface area contributed by atoms with Crippen molar-refractivity contribution in [1.29, 1.82) is 0 Å². The van der Waals surface area contributed by atoms with Crippen molar-refractivity contribution in [2.75, 3.05) is 38.1 Å². The van der Waals surface area contributed by atoms with Gasteiger partial charge in [-0.25, -0.2) is 0 Å². The summed E-state index contributed by atoms with van der Waals surface area (Å²) in [5.74, 6) is 2.14. The molecule has 8 heteroatoms. The van der Waals surface area contributed by atoms with Crippen molar-refractivity contribution in [2.45, 2.75) is 6.42 Å². The Hall–Kier alpha value is -4.98. The van der Waals surface area contributed by atoms with Gasteiger partial charge in [0.1, 0.15) is 23.0 Å². The van der Waals surface area contributed by atoms with E-state index in [9.17, 15) is 9.59 Å². The molecule has 0 heterocycles. The molecule has 8 nitrogen and oxygen atoms in total. The lowest BCUT2D eigenvalue weighted by Gasteiger charge is -2.10. The van der Waals surface area contributed by atoms with E-state index in [4.69, 9.17) is 18.9 Å². The minimum Gasteiger partial charge on any atom is -0.497 e. The summed E-state index contributed by atoms with van der Waals surface area (Å²) in [4.78, 5) is 24.5. The largest absolute Gasteiger partial charge is 0.497 e. The second-order valence-corrected chi connectivity index (χ2v) is 8.60. The number of ether oxygens (including phenoxy) is 4. The van der Waals surface area contributed by atoms with Crippen LogP contribution in [0.2, 0.25) is 0 Å². The third-order valence-electron chi connectivity index (χ3n) is 5.74. The van der Waals surface area contributed by atoms with Gasteiger partial charge in [-0.3, -0.25) is 9.59 Å². The number of carbonyl (C=O) groups is 2. The highest BCUT2D eigenvalue weighted by molar-refractivity contribution is 5.92. The van der Waals surface area contributed by atoms with Crippen LogP contribution in [0.15, 0.2) is 97.1 Å². The van der Waals surface area contributed by atoms with Gasteiger partial charge in [-0.2, -0.15) is 0 Å². The van der Waals surface area contributed by atoms with Crippen molar-refractivity contribution in [3.05, 3.63) is 108 Å². The number of nitrogens with one attached hydrogen (secondary N) is 2. The van der Waals surface area contributed by atoms with Crippen molar-refractivity contribution in [1.82, 2.24) is 0 Å². The van der Waals surface area contributed by atoms with E-state index in [0.717, 1.165) is 22.6 Å². The molecule has 4 rings (SSSR count). The van der Waals surface area contributed by atoms with E-state index in [2.05, 4.69) is 10.6 Å². The molecule has 0 bridgehead atoms. The number of anilines is 2. The Balaban J connectivity index is 1.20. The Morgan fingerprint density at radius 1 is 0.513 bits per heavy atom. The maximum atomic E-state index is 12.2. The maximum absolute atomic E-state index is 12.2. The first-order valence-electron chi connectivity index (χ1n) is 12.3. The number of methoxy groups -OCH3 is 2. The van der Waals surface area contributed by atoms with E-state index in [0.29, 0.717) is 29.3 Å². The van der Waals surface area contributed by atoms with Crippen LogP contribution in [-0.2, 0) is 16.0 Å². The summed E-state index contributed by atoms with van der Waals surface area (Å²) in [5, 5.41) is 5.67. The highest BCUT2D eigenvalue weighted by Crippen LogP contribution is 2.19. The lowest BCUT2D eigenvalue weighted by molar-refractivity contribution is -0.118. The van der Waals surface area contributed by atoms with E-state index < -0.39 is 0 Å². The summed E-state index contributed by atoms with van der Waals surface area (Å²) < 4.78 is 21.2. The van der Waals surface area contributed by atoms with Crippen molar-refractivity contribution >= 4 is 23.2 Å². The van der Waals surface area contributed by atoms with Crippen LogP contribution in [0.5, 0.6) is 23.0 Å². The van der Waals surface area contributed by atoms with Crippen LogP contribution in [-0.4, -0.2) is 39.2 Å². The molecule has 0 radical (unpaired) electrons. The smallest absolute Gasteiger partial charge is 0.262 e. The fourth-order valence-corrected chi connectivity index (χ4v) is 3.68. The Labute approximate surface area is 227 Å². The third-order valence-corrected chi connectivity index (χ3v) is 5.74. The zero-order valence-electron chi connectivity index (χ0n) is 21.8. The molecule has 2 amide bonds. The summed E-state index contributed by atoms with van der Waals surface area (Å²) in [6.07, 6.45) is 0.712. The van der Waals surface area contributed by atoms with Gasteiger partial charge >= 0.3 is 0 Å². The molecule has 4 aromatic rings. The SMILES string of the molecule is COc1ccc(OCC(=O)Nc2ccc(Cc3ccc(NC(=O)COc4ccc(OC)cc4)cc3)cc2)cc1. The first-order valence-corrected chi connectivity index (χ1v) is 12.3. The molecule has 0 unspecified atom stereocenters. The summed E-state index contributed by atoms with van der Waals surface area (Å²) in [6.45, 7) is -0.185. The number of benzene rings is 4. The van der Waals surface area contributed by atoms with Crippen LogP contribution in [0.1, 0.15) is 11.1 Å². The standard InChI is InChI=1S/C31H30N2O6/c1-36-26-11-15-28(16-12-26)38-20-30(34)32-24-7-3-22(4-8-24)19-23-5-9-25(10-6-23)33-31(35)21-39-29-17-13-27(37-2)14-18-29/h3-18H,19-21H2,1-2H3,(H,32,34)(H,33,35). The Kier molecular flexibility index (Phi) is 9.39. The number of amides is 2. The van der Waals surface area contributed by atoms with Crippen molar-refractivity contribution < 1.29 is 28.5 Å². The molecule has 39 heavy (non-hydrogen) atoms. The molecule has 0 aliphatic heterocycles. The van der Waals surface area contributed by atoms with Gasteiger partial charge in [0, 0.05) is 11.4 Å². The summed E-state index contributed by atoms with van der Waals surface area (Å²) in [7, 11) is 3.19. The number of rotatable bonds is 12. The van der Waals surface area contributed by atoms with Gasteiger partial charge in [-0.1, -0.05) is 24.3 Å². The van der Waals surface area contributed by atoms with Gasteiger partial charge in [-0.05, 0) is 90.3 Å². The van der Waals surface area contributed by atoms with Crippen LogP contribution in [0.25, 0.3) is 0 Å². The quantitative estimate of drug-likeness (QED) is 0.259. The van der Waals surface area contributed by atoms with Crippen LogP contribution in [0, 0.1) is 0 Å². The normalized spacial score (nSPS) is 10.3. The predicted molar refractivity (Wildman–Crippen MR) is 150 cm³/mol. The van der Waals surface area contributed by atoms with E-state index >= 15 is 0 Å². The van der Waals surface area contributed by atoms with E-state index in [1.807, 2.05) is 48.5 Å². The lowest BCUT2D eigenvalue weighted by Crippen LogP contribution is -2.20. The van der Waals surface area contributed by atoms with Crippen LogP contribution in [0.3, 0.4) is 0 Å². The number of hydrogen-bond acceptors (Lipinski definition) is 6. The van der Waals surface area contributed by atoms with Gasteiger partial charge in [0.2, 0.25) is 0 Å². The van der Waals surface area contributed by atoms with Gasteiger partial charge in [0.15, 0.2) is 13.2 Å². The van der Waals surface area contributed by atoms with Crippen molar-refractivity contribution in [3.8, 4) is 23.0 Å². The second-order valence-electron chi connectivity index (χ2n) is 8.60. The highest BCUT2D eigenvalue weighted by Gasteiger charge is 2.07. The van der Waals surface area contributed by atoms with Gasteiger partial charge < -0.3 is 29.6 Å². The Morgan fingerprint density at radius 3 is 1.18 bits per heavy atom. The maximum Gasteiger partial charge on any atom is 0.262 e. The van der Waals surface area contributed by atoms with E-state index in [1.165, 1.54) is 0 Å². The zero-order valence-corrected chi connectivity index (χ0v) is 21.8. The molecule has 0 aliphatic rings. The summed E-state index contributed by atoms with van der Waals surface area (Å²) >= 11 is 0. The summed E-state index contributed by atoms with van der Waals surface area (Å²) in [5.41, 5.74) is 3.56. The molecular weight excluding hydrogens is 496 g/mol. The minimum absolute atomic E-state index is 0.0927. The van der Waals surface area contributed by atoms with Gasteiger partial charge in [0.25, 0.3) is 11.8 Å². The van der Waals surface area contributed by atoms with Crippen LogP contribution in [0.4, 0.5) is 11.4 Å². The molecule has 0 aromatic heterocycles. The minimum atomic E-state index is -0.245. The molecule has 0 spiro atoms. The first kappa shape index (κ1) is 27.1. The van der Waals surface area contributed by atoms with Crippen molar-refractivity contribution in [2.24, 2.45) is 0 Å². The van der Waals surface area contributed by atoms with Crippen LogP contribution >= 0.6 is 0 Å². The van der Waals surface area contributed by atoms with Crippen molar-refractivity contribution in [3.63, 3.8) is 0 Å². The van der Waals surface area contributed by atoms with Gasteiger partial charge in [0.05, 0.1) is 14.2 Å². The molecule has 0 saturated heterocycles. The second kappa shape index (κ2) is 13.5. The molecule has 2 N–H and O–H groups in total. The fraction of sp³-hybridized carbons (Fsp3) is 0.161. The average molecular weight is 527 g/mol. The summed E-state index contributed by atoms with van der Waals surface area (Å²) in [6, 6.07) is 29.4. The number of hydrogen-bond donors (Lipinski definition) is 2. The Bertz CT molecular complexity index is 1250. The molecule has 0 fully saturated rings. The topological polar surface area (TPSA) is 95.1 Å². The fourth-order valence-electron chi connectivity index (χ4n) is 3.68. The monoisotopic (exact) mass is 526 g/mol. The first-order chi connectivity index (χ1) is 19.0. The lowest BCUT2D eigenvalue weighted by atomic mass is 10.0. The molecule has 0 aliphatic carbocycles. The molecule has 200 valence electrons. The molecule has 0 saturated carbocycles. The Morgan fingerprint density at radius 2 is 0.846 bits per heavy atom. The van der Waals surface area contributed by atoms with E-state index in [1.54, 1.807) is 62.8 Å². The molecule has 4 aromatic carbocycles. The average Bonchev–Trinajstić information content (AvgIpc) is 2.97. The van der Waals surface area contributed by atoms with E-state index in [-0.39, 0.29) is 25.0 Å².